The first kappa shape index (κ1) is 15.5. The highest BCUT2D eigenvalue weighted by atomic mass is 16.7. The van der Waals surface area contributed by atoms with E-state index in [1.165, 1.54) is 5.06 Å². The first-order valence-corrected chi connectivity index (χ1v) is 7.81. The highest BCUT2D eigenvalue weighted by Gasteiger charge is 2.26. The van der Waals surface area contributed by atoms with Gasteiger partial charge in [0.15, 0.2) is 0 Å². The lowest BCUT2D eigenvalue weighted by atomic mass is 10.1. The number of amides is 1. The fourth-order valence-electron chi connectivity index (χ4n) is 2.83. The van der Waals surface area contributed by atoms with Gasteiger partial charge in [0.1, 0.15) is 5.56 Å². The van der Waals surface area contributed by atoms with E-state index in [1.54, 1.807) is 17.7 Å². The van der Waals surface area contributed by atoms with Crippen molar-refractivity contribution in [3.8, 4) is 0 Å². The van der Waals surface area contributed by atoms with Crippen molar-refractivity contribution in [2.75, 3.05) is 13.2 Å². The average Bonchev–Trinajstić information content (AvgIpc) is 3.09. The summed E-state index contributed by atoms with van der Waals surface area (Å²) in [7, 11) is 0. The van der Waals surface area contributed by atoms with E-state index in [4.69, 9.17) is 4.84 Å². The maximum absolute atomic E-state index is 12.9. The standard InChI is InChI=1S/C18H20N2O3/c1-13-9-11-19(14(2)15-7-4-3-5-8-15)17(21)16(13)18(22)20-10-6-12-23-20/h3-5,7-9,11,14H,6,10,12H2,1-2H3. The molecule has 1 atom stereocenters. The van der Waals surface area contributed by atoms with Gasteiger partial charge < -0.3 is 4.57 Å². The lowest BCUT2D eigenvalue weighted by Crippen LogP contribution is -2.36. The van der Waals surface area contributed by atoms with E-state index in [1.807, 2.05) is 43.3 Å². The van der Waals surface area contributed by atoms with E-state index in [0.717, 1.165) is 12.0 Å². The Morgan fingerprint density at radius 1 is 1.22 bits per heavy atom. The molecule has 1 fully saturated rings. The molecule has 1 aliphatic rings. The van der Waals surface area contributed by atoms with E-state index in [2.05, 4.69) is 0 Å². The SMILES string of the molecule is Cc1ccn(C(C)c2ccccc2)c(=O)c1C(=O)N1CCCO1. The second-order valence-corrected chi connectivity index (χ2v) is 5.77. The number of aryl methyl sites for hydroxylation is 1. The fourth-order valence-corrected chi connectivity index (χ4v) is 2.83. The van der Waals surface area contributed by atoms with Crippen LogP contribution in [0.5, 0.6) is 0 Å². The summed E-state index contributed by atoms with van der Waals surface area (Å²) < 4.78 is 1.60. The molecule has 0 radical (unpaired) electrons. The van der Waals surface area contributed by atoms with Crippen LogP contribution in [0.2, 0.25) is 0 Å². The van der Waals surface area contributed by atoms with E-state index in [9.17, 15) is 9.59 Å². The molecule has 120 valence electrons. The predicted octanol–water partition coefficient (Wildman–Crippen LogP) is 2.54. The summed E-state index contributed by atoms with van der Waals surface area (Å²) in [6.07, 6.45) is 2.54. The Labute approximate surface area is 135 Å². The molecule has 1 unspecified atom stereocenters. The van der Waals surface area contributed by atoms with Gasteiger partial charge in [-0.3, -0.25) is 14.4 Å². The van der Waals surface area contributed by atoms with Crippen molar-refractivity contribution >= 4 is 5.91 Å². The number of aromatic nitrogens is 1. The molecule has 1 aromatic carbocycles. The van der Waals surface area contributed by atoms with E-state index >= 15 is 0 Å². The molecular weight excluding hydrogens is 292 g/mol. The smallest absolute Gasteiger partial charge is 0.283 e. The van der Waals surface area contributed by atoms with Crippen molar-refractivity contribution in [2.45, 2.75) is 26.3 Å². The Hall–Kier alpha value is -2.40. The third-order valence-electron chi connectivity index (χ3n) is 4.22. The van der Waals surface area contributed by atoms with Crippen molar-refractivity contribution in [2.24, 2.45) is 0 Å². The third kappa shape index (κ3) is 2.92. The summed E-state index contributed by atoms with van der Waals surface area (Å²) in [6, 6.07) is 11.4. The van der Waals surface area contributed by atoms with Gasteiger partial charge in [0.25, 0.3) is 11.5 Å². The first-order chi connectivity index (χ1) is 11.1. The molecule has 5 nitrogen and oxygen atoms in total. The number of hydrogen-bond acceptors (Lipinski definition) is 3. The van der Waals surface area contributed by atoms with Crippen LogP contribution in [0.4, 0.5) is 0 Å². The van der Waals surface area contributed by atoms with Crippen LogP contribution >= 0.6 is 0 Å². The predicted molar refractivity (Wildman–Crippen MR) is 87.3 cm³/mol. The van der Waals surface area contributed by atoms with Crippen LogP contribution in [0.3, 0.4) is 0 Å². The van der Waals surface area contributed by atoms with Crippen molar-refractivity contribution in [3.05, 3.63) is 69.6 Å². The first-order valence-electron chi connectivity index (χ1n) is 7.81. The quantitative estimate of drug-likeness (QED) is 0.875. The van der Waals surface area contributed by atoms with E-state index in [-0.39, 0.29) is 23.1 Å². The number of carbonyl (C=O) groups is 1. The Kier molecular flexibility index (Phi) is 4.30. The van der Waals surface area contributed by atoms with Crippen LogP contribution in [0.1, 0.15) is 40.9 Å². The number of hydroxylamine groups is 2. The molecule has 5 heteroatoms. The number of carbonyl (C=O) groups excluding carboxylic acids is 1. The third-order valence-corrected chi connectivity index (χ3v) is 4.22. The van der Waals surface area contributed by atoms with Crippen LogP contribution in [-0.4, -0.2) is 28.7 Å². The molecule has 2 aromatic rings. The van der Waals surface area contributed by atoms with Gasteiger partial charge in [-0.2, -0.15) is 0 Å². The van der Waals surface area contributed by atoms with Gasteiger partial charge in [0.2, 0.25) is 0 Å². The number of benzene rings is 1. The number of rotatable bonds is 3. The summed E-state index contributed by atoms with van der Waals surface area (Å²) in [5, 5.41) is 1.29. The molecular formula is C18H20N2O3. The summed E-state index contributed by atoms with van der Waals surface area (Å²) >= 11 is 0. The Morgan fingerprint density at radius 3 is 2.61 bits per heavy atom. The summed E-state index contributed by atoms with van der Waals surface area (Å²) in [5.74, 6) is -0.348. The van der Waals surface area contributed by atoms with Crippen molar-refractivity contribution < 1.29 is 9.63 Å². The highest BCUT2D eigenvalue weighted by molar-refractivity contribution is 5.94. The zero-order valence-electron chi connectivity index (χ0n) is 13.4. The largest absolute Gasteiger partial charge is 0.308 e. The van der Waals surface area contributed by atoms with Gasteiger partial charge in [-0.05, 0) is 37.5 Å². The minimum absolute atomic E-state index is 0.143. The normalized spacial score (nSPS) is 15.7. The van der Waals surface area contributed by atoms with Crippen LogP contribution < -0.4 is 5.56 Å². The van der Waals surface area contributed by atoms with Gasteiger partial charge in [0.05, 0.1) is 19.2 Å². The van der Waals surface area contributed by atoms with Gasteiger partial charge in [-0.15, -0.1) is 0 Å². The molecule has 2 heterocycles. The Bertz CT molecular complexity index is 762. The van der Waals surface area contributed by atoms with E-state index in [0.29, 0.717) is 18.7 Å². The zero-order valence-corrected chi connectivity index (χ0v) is 13.4. The van der Waals surface area contributed by atoms with Crippen LogP contribution in [0.15, 0.2) is 47.4 Å². The number of hydrogen-bond donors (Lipinski definition) is 0. The molecule has 0 N–H and O–H groups in total. The second kappa shape index (κ2) is 6.38. The molecule has 0 saturated carbocycles. The monoisotopic (exact) mass is 312 g/mol. The van der Waals surface area contributed by atoms with Crippen molar-refractivity contribution in [1.29, 1.82) is 0 Å². The minimum Gasteiger partial charge on any atom is -0.308 e. The summed E-state index contributed by atoms with van der Waals surface area (Å²) in [5.41, 5.74) is 1.61. The molecule has 3 rings (SSSR count). The van der Waals surface area contributed by atoms with Crippen molar-refractivity contribution in [1.82, 2.24) is 9.63 Å². The Morgan fingerprint density at radius 2 is 1.96 bits per heavy atom. The molecule has 1 amide bonds. The number of pyridine rings is 1. The van der Waals surface area contributed by atoms with Crippen LogP contribution in [0.25, 0.3) is 0 Å². The maximum atomic E-state index is 12.9. The molecule has 1 aliphatic heterocycles. The Balaban J connectivity index is 2.02. The lowest BCUT2D eigenvalue weighted by molar-refractivity contribution is -0.0770. The minimum atomic E-state index is -0.348. The number of nitrogens with zero attached hydrogens (tertiary/aromatic N) is 2. The van der Waals surface area contributed by atoms with Gasteiger partial charge in [-0.1, -0.05) is 30.3 Å². The van der Waals surface area contributed by atoms with Gasteiger partial charge in [0, 0.05) is 6.20 Å². The molecule has 0 bridgehead atoms. The highest BCUT2D eigenvalue weighted by Crippen LogP contribution is 2.18. The molecule has 0 aliphatic carbocycles. The lowest BCUT2D eigenvalue weighted by Gasteiger charge is -2.19. The van der Waals surface area contributed by atoms with Crippen molar-refractivity contribution in [3.63, 3.8) is 0 Å². The van der Waals surface area contributed by atoms with Crippen LogP contribution in [0, 0.1) is 6.92 Å². The second-order valence-electron chi connectivity index (χ2n) is 5.77. The average molecular weight is 312 g/mol. The maximum Gasteiger partial charge on any atom is 0.283 e. The summed E-state index contributed by atoms with van der Waals surface area (Å²) in [6.45, 7) is 4.78. The van der Waals surface area contributed by atoms with Crippen LogP contribution in [-0.2, 0) is 4.84 Å². The van der Waals surface area contributed by atoms with E-state index < -0.39 is 0 Å². The summed E-state index contributed by atoms with van der Waals surface area (Å²) in [4.78, 5) is 30.7. The zero-order chi connectivity index (χ0) is 16.4. The molecule has 0 spiro atoms. The fraction of sp³-hybridized carbons (Fsp3) is 0.333. The van der Waals surface area contributed by atoms with Gasteiger partial charge in [-0.25, -0.2) is 5.06 Å². The molecule has 1 aromatic heterocycles. The van der Waals surface area contributed by atoms with Gasteiger partial charge >= 0.3 is 0 Å². The molecule has 1 saturated heterocycles. The topological polar surface area (TPSA) is 51.5 Å². The molecule has 23 heavy (non-hydrogen) atoms.